The summed E-state index contributed by atoms with van der Waals surface area (Å²) in [5.74, 6) is -2.16. The number of hydrogen-bond acceptors (Lipinski definition) is 7. The predicted molar refractivity (Wildman–Crippen MR) is 130 cm³/mol. The van der Waals surface area contributed by atoms with Crippen molar-refractivity contribution < 1.29 is 38.9 Å². The van der Waals surface area contributed by atoms with Gasteiger partial charge in [-0.2, -0.15) is 0 Å². The number of fused-ring (bicyclic) bond motifs is 2. The lowest BCUT2D eigenvalue weighted by molar-refractivity contribution is -0.151. The zero-order chi connectivity index (χ0) is 26.7. The lowest BCUT2D eigenvalue weighted by Gasteiger charge is -2.58. The molecule has 0 spiro atoms. The number of epoxide rings is 1. The monoisotopic (exact) mass is 502 g/mol. The van der Waals surface area contributed by atoms with Crippen LogP contribution in [0, 0.1) is 22.7 Å². The number of ether oxygens (including phenoxy) is 2. The number of Topliss-reactive ketones (excluding diaryl/α,β-unsaturated/α-hetero) is 1. The van der Waals surface area contributed by atoms with E-state index in [9.17, 15) is 24.3 Å². The number of aliphatic carboxylic acids is 1. The van der Waals surface area contributed by atoms with Gasteiger partial charge >= 0.3 is 11.9 Å². The first kappa shape index (κ1) is 26.7. The van der Waals surface area contributed by atoms with E-state index >= 15 is 0 Å². The second-order valence-corrected chi connectivity index (χ2v) is 12.5. The van der Waals surface area contributed by atoms with Gasteiger partial charge in [0.25, 0.3) is 0 Å². The minimum absolute atomic E-state index is 0.00190. The number of allylic oxidation sites excluding steroid dienone is 1. The fraction of sp³-hybridized carbons (Fsp3) is 0.714. The van der Waals surface area contributed by atoms with Crippen LogP contribution >= 0.6 is 0 Å². The molecule has 198 valence electrons. The molecule has 0 aromatic heterocycles. The number of carboxylic acids is 1. The maximum Gasteiger partial charge on any atom is 0.309 e. The van der Waals surface area contributed by atoms with Gasteiger partial charge in [-0.05, 0) is 67.8 Å². The Balaban J connectivity index is 1.45. The standard InChI is InChI=1S/C28H38O8/c1-16-7-8-19-25(2,3)9-6-10-27(19,5)18(16)12-28-20(29)11-17(23(33)24(28)36-28)15-35-22(32)14-26(4,34)13-21(30)31/h11,18-19,24,34H,1,6-10,12-15H2,2-5H3,(H,30,31)/t18-,19-,24+,26-,27+,28-/m0/s1. The summed E-state index contributed by atoms with van der Waals surface area (Å²) in [6.45, 7) is 12.2. The fourth-order valence-electron chi connectivity index (χ4n) is 7.38. The van der Waals surface area contributed by atoms with Crippen LogP contribution in [0.3, 0.4) is 0 Å². The van der Waals surface area contributed by atoms with Crippen molar-refractivity contribution >= 4 is 23.5 Å². The van der Waals surface area contributed by atoms with Crippen molar-refractivity contribution in [1.82, 2.24) is 0 Å². The Morgan fingerprint density at radius 2 is 1.92 bits per heavy atom. The molecule has 3 fully saturated rings. The molecule has 8 heteroatoms. The topological polar surface area (TPSA) is 130 Å². The van der Waals surface area contributed by atoms with E-state index in [1.807, 2.05) is 0 Å². The second-order valence-electron chi connectivity index (χ2n) is 12.5. The molecule has 0 bridgehead atoms. The maximum absolute atomic E-state index is 13.3. The predicted octanol–water partition coefficient (Wildman–Crippen LogP) is 3.55. The summed E-state index contributed by atoms with van der Waals surface area (Å²) in [6.07, 6.45) is 5.01. The lowest BCUT2D eigenvalue weighted by Crippen LogP contribution is -2.51. The Morgan fingerprint density at radius 1 is 1.22 bits per heavy atom. The first-order valence-electron chi connectivity index (χ1n) is 12.9. The van der Waals surface area contributed by atoms with E-state index in [4.69, 9.17) is 14.6 Å². The van der Waals surface area contributed by atoms with E-state index in [0.717, 1.165) is 31.3 Å². The highest BCUT2D eigenvalue weighted by Gasteiger charge is 2.69. The third-order valence-electron chi connectivity index (χ3n) is 9.24. The number of hydrogen-bond donors (Lipinski definition) is 2. The Morgan fingerprint density at radius 3 is 2.58 bits per heavy atom. The van der Waals surface area contributed by atoms with E-state index in [1.54, 1.807) is 0 Å². The molecule has 2 N–H and O–H groups in total. The minimum atomic E-state index is -1.78. The van der Waals surface area contributed by atoms with Crippen LogP contribution < -0.4 is 0 Å². The van der Waals surface area contributed by atoms with Gasteiger partial charge in [0.2, 0.25) is 0 Å². The molecule has 3 aliphatic carbocycles. The third kappa shape index (κ3) is 4.70. The van der Waals surface area contributed by atoms with Gasteiger partial charge in [-0.25, -0.2) is 0 Å². The molecule has 4 aliphatic rings. The summed E-state index contributed by atoms with van der Waals surface area (Å²) < 4.78 is 10.9. The summed E-state index contributed by atoms with van der Waals surface area (Å²) in [7, 11) is 0. The summed E-state index contributed by atoms with van der Waals surface area (Å²) in [6, 6.07) is 0. The van der Waals surface area contributed by atoms with Gasteiger partial charge in [0.05, 0.1) is 18.4 Å². The highest BCUT2D eigenvalue weighted by Crippen LogP contribution is 2.64. The Labute approximate surface area is 212 Å². The molecule has 8 nitrogen and oxygen atoms in total. The Hall–Kier alpha value is -2.32. The molecule has 4 rings (SSSR count). The van der Waals surface area contributed by atoms with Crippen LogP contribution in [0.4, 0.5) is 0 Å². The van der Waals surface area contributed by atoms with Crippen molar-refractivity contribution in [3.63, 3.8) is 0 Å². The smallest absolute Gasteiger partial charge is 0.309 e. The Bertz CT molecular complexity index is 1040. The molecule has 1 heterocycles. The Kier molecular flexibility index (Phi) is 6.62. The van der Waals surface area contributed by atoms with E-state index in [-0.39, 0.29) is 33.9 Å². The van der Waals surface area contributed by atoms with Gasteiger partial charge < -0.3 is 19.7 Å². The van der Waals surface area contributed by atoms with Gasteiger partial charge in [-0.3, -0.25) is 19.2 Å². The number of carboxylic acid groups (broad SMARTS) is 1. The van der Waals surface area contributed by atoms with Crippen molar-refractivity contribution in [2.45, 2.75) is 96.4 Å². The van der Waals surface area contributed by atoms with E-state index < -0.39 is 48.7 Å². The van der Waals surface area contributed by atoms with Crippen molar-refractivity contribution in [2.24, 2.45) is 22.7 Å². The van der Waals surface area contributed by atoms with Crippen LogP contribution in [0.2, 0.25) is 0 Å². The first-order valence-corrected chi connectivity index (χ1v) is 12.9. The molecule has 1 aliphatic heterocycles. The number of rotatable bonds is 8. The molecule has 0 amide bonds. The quantitative estimate of drug-likeness (QED) is 0.293. The molecule has 1 saturated heterocycles. The molecule has 36 heavy (non-hydrogen) atoms. The average molecular weight is 503 g/mol. The molecule has 0 aromatic carbocycles. The number of esters is 1. The minimum Gasteiger partial charge on any atom is -0.481 e. The zero-order valence-corrected chi connectivity index (χ0v) is 21.7. The summed E-state index contributed by atoms with van der Waals surface area (Å²) in [5, 5.41) is 18.9. The van der Waals surface area contributed by atoms with Crippen LogP contribution in [-0.2, 0) is 28.7 Å². The molecule has 0 aromatic rings. The largest absolute Gasteiger partial charge is 0.481 e. The highest BCUT2D eigenvalue weighted by atomic mass is 16.6. The molecule has 6 atom stereocenters. The van der Waals surface area contributed by atoms with Gasteiger partial charge in [0.15, 0.2) is 23.3 Å². The first-order chi connectivity index (χ1) is 16.6. The van der Waals surface area contributed by atoms with Gasteiger partial charge in [0, 0.05) is 5.57 Å². The number of carbonyl (C=O) groups excluding carboxylic acids is 3. The number of aliphatic hydroxyl groups is 1. The fourth-order valence-corrected chi connectivity index (χ4v) is 7.38. The highest BCUT2D eigenvalue weighted by molar-refractivity contribution is 6.18. The van der Waals surface area contributed by atoms with E-state index in [1.165, 1.54) is 19.4 Å². The van der Waals surface area contributed by atoms with Gasteiger partial charge in [0.1, 0.15) is 6.61 Å². The zero-order valence-electron chi connectivity index (χ0n) is 21.7. The van der Waals surface area contributed by atoms with Gasteiger partial charge in [-0.15, -0.1) is 0 Å². The van der Waals surface area contributed by atoms with Crippen molar-refractivity contribution in [3.05, 3.63) is 23.8 Å². The van der Waals surface area contributed by atoms with E-state index in [2.05, 4.69) is 27.4 Å². The lowest BCUT2D eigenvalue weighted by atomic mass is 9.46. The molecular formula is C28H38O8. The SMILES string of the molecule is C=C1CC[C@H]2C(C)(C)CCC[C@]2(C)[C@H]1C[C@@]12O[C@@H]1C(=O)C(COC(=O)C[C@@](C)(O)CC(=O)O)=CC2=O. The summed E-state index contributed by atoms with van der Waals surface area (Å²) in [4.78, 5) is 49.2. The van der Waals surface area contributed by atoms with Crippen LogP contribution in [0.15, 0.2) is 23.8 Å². The number of ketones is 2. The van der Waals surface area contributed by atoms with Crippen molar-refractivity contribution in [2.75, 3.05) is 6.61 Å². The summed E-state index contributed by atoms with van der Waals surface area (Å²) >= 11 is 0. The van der Waals surface area contributed by atoms with Crippen LogP contribution in [0.1, 0.15) is 79.1 Å². The third-order valence-corrected chi connectivity index (χ3v) is 9.24. The second kappa shape index (κ2) is 8.91. The summed E-state index contributed by atoms with van der Waals surface area (Å²) in [5.41, 5.74) is -1.55. The maximum atomic E-state index is 13.3. The average Bonchev–Trinajstić information content (AvgIpc) is 3.47. The van der Waals surface area contributed by atoms with Crippen LogP contribution in [0.5, 0.6) is 0 Å². The molecule has 0 radical (unpaired) electrons. The molecule has 2 saturated carbocycles. The van der Waals surface area contributed by atoms with Crippen LogP contribution in [0.25, 0.3) is 0 Å². The van der Waals surface area contributed by atoms with E-state index in [0.29, 0.717) is 12.3 Å². The number of carbonyl (C=O) groups is 4. The van der Waals surface area contributed by atoms with Crippen molar-refractivity contribution in [3.8, 4) is 0 Å². The molecular weight excluding hydrogens is 464 g/mol. The van der Waals surface area contributed by atoms with Crippen LogP contribution in [-0.4, -0.2) is 57.6 Å². The van der Waals surface area contributed by atoms with Gasteiger partial charge in [-0.1, -0.05) is 39.3 Å². The normalized spacial score (nSPS) is 36.8. The molecule has 0 unspecified atom stereocenters. The van der Waals surface area contributed by atoms with Crippen molar-refractivity contribution in [1.29, 1.82) is 0 Å².